The van der Waals surface area contributed by atoms with E-state index >= 15 is 0 Å². The van der Waals surface area contributed by atoms with E-state index in [4.69, 9.17) is 5.11 Å². The summed E-state index contributed by atoms with van der Waals surface area (Å²) < 4.78 is 0. The van der Waals surface area contributed by atoms with Gasteiger partial charge in [-0.25, -0.2) is 0 Å². The molecule has 6 nitrogen and oxygen atoms in total. The largest absolute Gasteiger partial charge is 0.481 e. The fourth-order valence-corrected chi connectivity index (χ4v) is 2.07. The van der Waals surface area contributed by atoms with E-state index in [2.05, 4.69) is 9.80 Å². The molecule has 0 unspecified atom stereocenters. The van der Waals surface area contributed by atoms with Gasteiger partial charge in [-0.15, -0.1) is 0 Å². The summed E-state index contributed by atoms with van der Waals surface area (Å²) >= 11 is 0. The van der Waals surface area contributed by atoms with Crippen molar-refractivity contribution < 1.29 is 14.7 Å². The molecule has 0 bridgehead atoms. The Balaban J connectivity index is 4.19. The first-order chi connectivity index (χ1) is 9.82. The zero-order valence-electron chi connectivity index (χ0n) is 14.0. The van der Waals surface area contributed by atoms with Gasteiger partial charge >= 0.3 is 5.97 Å². The van der Waals surface area contributed by atoms with Gasteiger partial charge in [0, 0.05) is 25.9 Å². The zero-order valence-corrected chi connectivity index (χ0v) is 14.0. The first-order valence-electron chi connectivity index (χ1n) is 7.62. The molecule has 0 atom stereocenters. The van der Waals surface area contributed by atoms with Gasteiger partial charge in [-0.3, -0.25) is 9.59 Å². The molecule has 0 aliphatic carbocycles. The van der Waals surface area contributed by atoms with Crippen LogP contribution in [-0.4, -0.2) is 86.1 Å². The minimum atomic E-state index is -0.838. The molecule has 0 saturated carbocycles. The quantitative estimate of drug-likeness (QED) is 0.582. The van der Waals surface area contributed by atoms with Crippen LogP contribution in [0.15, 0.2) is 0 Å². The Labute approximate surface area is 128 Å². The van der Waals surface area contributed by atoms with Crippen LogP contribution in [0, 0.1) is 0 Å². The molecule has 1 N–H and O–H groups in total. The Bertz CT molecular complexity index is 293. The molecule has 0 aromatic rings. The summed E-state index contributed by atoms with van der Waals surface area (Å²) in [6.07, 6.45) is 2.70. The van der Waals surface area contributed by atoms with Crippen LogP contribution < -0.4 is 0 Å². The minimum absolute atomic E-state index is 0.0645. The van der Waals surface area contributed by atoms with Gasteiger partial charge in [0.25, 0.3) is 0 Å². The summed E-state index contributed by atoms with van der Waals surface area (Å²) in [5, 5.41) is 8.63. The summed E-state index contributed by atoms with van der Waals surface area (Å²) in [7, 11) is 8.08. The predicted octanol–water partition coefficient (Wildman–Crippen LogP) is 0.973. The molecule has 0 rings (SSSR count). The number of hydrogen-bond donors (Lipinski definition) is 1. The molecule has 6 heteroatoms. The minimum Gasteiger partial charge on any atom is -0.481 e. The summed E-state index contributed by atoms with van der Waals surface area (Å²) in [5.41, 5.74) is 0. The molecular formula is C15H31N3O3. The molecule has 0 radical (unpaired) electrons. The summed E-state index contributed by atoms with van der Waals surface area (Å²) in [5.74, 6) is -0.761. The van der Waals surface area contributed by atoms with E-state index in [9.17, 15) is 9.59 Å². The van der Waals surface area contributed by atoms with Crippen LogP contribution in [0.25, 0.3) is 0 Å². The van der Waals surface area contributed by atoms with Gasteiger partial charge in [0.05, 0.1) is 0 Å². The van der Waals surface area contributed by atoms with Crippen LogP contribution in [0.2, 0.25) is 0 Å². The molecule has 1 amide bonds. The molecule has 0 spiro atoms. The van der Waals surface area contributed by atoms with Crippen LogP contribution in [-0.2, 0) is 9.59 Å². The van der Waals surface area contributed by atoms with Crippen molar-refractivity contribution >= 4 is 11.9 Å². The summed E-state index contributed by atoms with van der Waals surface area (Å²) in [4.78, 5) is 28.8. The second-order valence-electron chi connectivity index (χ2n) is 5.94. The third kappa shape index (κ3) is 12.3. The van der Waals surface area contributed by atoms with Crippen LogP contribution >= 0.6 is 0 Å². The smallest absolute Gasteiger partial charge is 0.303 e. The monoisotopic (exact) mass is 301 g/mol. The molecule has 0 aromatic heterocycles. The second kappa shape index (κ2) is 11.5. The predicted molar refractivity (Wildman–Crippen MR) is 84.4 cm³/mol. The van der Waals surface area contributed by atoms with Crippen molar-refractivity contribution in [3.05, 3.63) is 0 Å². The van der Waals surface area contributed by atoms with Gasteiger partial charge in [-0.05, 0) is 60.5 Å². The Kier molecular flexibility index (Phi) is 10.9. The van der Waals surface area contributed by atoms with Crippen LogP contribution in [0.5, 0.6) is 0 Å². The number of rotatable bonds is 12. The number of nitrogens with zero attached hydrogens (tertiary/aromatic N) is 3. The molecule has 0 saturated heterocycles. The van der Waals surface area contributed by atoms with Gasteiger partial charge in [0.1, 0.15) is 0 Å². The third-order valence-electron chi connectivity index (χ3n) is 3.20. The van der Waals surface area contributed by atoms with Crippen molar-refractivity contribution in [2.45, 2.75) is 32.1 Å². The maximum atomic E-state index is 12.2. The van der Waals surface area contributed by atoms with Gasteiger partial charge in [0.15, 0.2) is 0 Å². The van der Waals surface area contributed by atoms with Crippen molar-refractivity contribution in [2.75, 3.05) is 54.4 Å². The average molecular weight is 301 g/mol. The van der Waals surface area contributed by atoms with Gasteiger partial charge in [0.2, 0.25) is 5.91 Å². The van der Waals surface area contributed by atoms with Gasteiger partial charge in [-0.2, -0.15) is 0 Å². The molecule has 0 heterocycles. The fourth-order valence-electron chi connectivity index (χ4n) is 2.07. The number of carboxylic acids is 1. The SMILES string of the molecule is CN(C)CCCN(CCCN(C)C)C(=O)CCCC(=O)O. The zero-order chi connectivity index (χ0) is 16.3. The van der Waals surface area contributed by atoms with Crippen LogP contribution in [0.4, 0.5) is 0 Å². The third-order valence-corrected chi connectivity index (χ3v) is 3.20. The van der Waals surface area contributed by atoms with E-state index < -0.39 is 5.97 Å². The number of carboxylic acid groups (broad SMARTS) is 1. The highest BCUT2D eigenvalue weighted by atomic mass is 16.4. The Hall–Kier alpha value is -1.14. The molecule has 0 aliphatic rings. The number of carbonyl (C=O) groups is 2. The molecule has 0 fully saturated rings. The lowest BCUT2D eigenvalue weighted by Crippen LogP contribution is -2.35. The summed E-state index contributed by atoms with van der Waals surface area (Å²) in [6, 6.07) is 0. The Morgan fingerprint density at radius 1 is 0.762 bits per heavy atom. The van der Waals surface area contributed by atoms with Crippen LogP contribution in [0.1, 0.15) is 32.1 Å². The highest BCUT2D eigenvalue weighted by Crippen LogP contribution is 2.04. The normalized spacial score (nSPS) is 11.1. The average Bonchev–Trinajstić information content (AvgIpc) is 2.35. The molecule has 124 valence electrons. The van der Waals surface area contributed by atoms with Gasteiger partial charge in [-0.1, -0.05) is 0 Å². The first-order valence-corrected chi connectivity index (χ1v) is 7.62. The highest BCUT2D eigenvalue weighted by molar-refractivity contribution is 5.77. The van der Waals surface area contributed by atoms with E-state index in [0.29, 0.717) is 12.8 Å². The number of carbonyl (C=O) groups excluding carboxylic acids is 1. The number of hydrogen-bond acceptors (Lipinski definition) is 4. The maximum absolute atomic E-state index is 12.2. The van der Waals surface area contributed by atoms with Crippen molar-refractivity contribution in [3.8, 4) is 0 Å². The Morgan fingerprint density at radius 2 is 1.24 bits per heavy atom. The molecule has 0 aromatic carbocycles. The van der Waals surface area contributed by atoms with Crippen molar-refractivity contribution in [1.82, 2.24) is 14.7 Å². The van der Waals surface area contributed by atoms with E-state index in [1.165, 1.54) is 0 Å². The first kappa shape index (κ1) is 19.9. The standard InChI is InChI=1S/C15H31N3O3/c1-16(2)10-6-12-18(13-7-11-17(3)4)14(19)8-5-9-15(20)21/h5-13H2,1-4H3,(H,20,21). The second-order valence-corrected chi connectivity index (χ2v) is 5.94. The number of amides is 1. The van der Waals surface area contributed by atoms with Crippen LogP contribution in [0.3, 0.4) is 0 Å². The number of aliphatic carboxylic acids is 1. The maximum Gasteiger partial charge on any atom is 0.303 e. The van der Waals surface area contributed by atoms with Crippen molar-refractivity contribution in [2.24, 2.45) is 0 Å². The van der Waals surface area contributed by atoms with Gasteiger partial charge < -0.3 is 19.8 Å². The molecule has 21 heavy (non-hydrogen) atoms. The lowest BCUT2D eigenvalue weighted by Gasteiger charge is -2.24. The molecular weight excluding hydrogens is 270 g/mol. The lowest BCUT2D eigenvalue weighted by molar-refractivity contribution is -0.137. The van der Waals surface area contributed by atoms with E-state index in [1.807, 2.05) is 33.1 Å². The highest BCUT2D eigenvalue weighted by Gasteiger charge is 2.13. The topological polar surface area (TPSA) is 64.1 Å². The van der Waals surface area contributed by atoms with E-state index in [-0.39, 0.29) is 12.3 Å². The van der Waals surface area contributed by atoms with Crippen molar-refractivity contribution in [1.29, 1.82) is 0 Å². The fraction of sp³-hybridized carbons (Fsp3) is 0.867. The lowest BCUT2D eigenvalue weighted by atomic mass is 10.2. The van der Waals surface area contributed by atoms with Crippen molar-refractivity contribution in [3.63, 3.8) is 0 Å². The molecule has 0 aliphatic heterocycles. The summed E-state index contributed by atoms with van der Waals surface area (Å²) in [6.45, 7) is 3.40. The Morgan fingerprint density at radius 3 is 1.62 bits per heavy atom. The van der Waals surface area contributed by atoms with E-state index in [1.54, 1.807) is 0 Å². The van der Waals surface area contributed by atoms with E-state index in [0.717, 1.165) is 39.0 Å².